The van der Waals surface area contributed by atoms with E-state index in [1.165, 1.54) is 17.2 Å². The van der Waals surface area contributed by atoms with E-state index in [4.69, 9.17) is 23.8 Å². The maximum Gasteiger partial charge on any atom is 0.176 e. The summed E-state index contributed by atoms with van der Waals surface area (Å²) in [4.78, 5) is 0. The third-order valence-corrected chi connectivity index (χ3v) is 5.79. The summed E-state index contributed by atoms with van der Waals surface area (Å²) in [5.74, 6) is 0.109. The lowest BCUT2D eigenvalue weighted by molar-refractivity contribution is 0.586. The molecule has 170 valence electrons. The van der Waals surface area contributed by atoms with Crippen molar-refractivity contribution in [1.29, 1.82) is 0 Å². The normalized spacial score (nSPS) is 10.9. The molecule has 0 atom stereocenters. The number of anilines is 2. The minimum atomic E-state index is -0.288. The first-order valence-electron chi connectivity index (χ1n) is 10.4. The van der Waals surface area contributed by atoms with Crippen LogP contribution in [0, 0.1) is 26.6 Å². The molecule has 9 heteroatoms. The van der Waals surface area contributed by atoms with Crippen molar-refractivity contribution in [3.63, 3.8) is 0 Å². The summed E-state index contributed by atoms with van der Waals surface area (Å²) in [5.41, 5.74) is 5.55. The Morgan fingerprint density at radius 2 is 1.73 bits per heavy atom. The minimum absolute atomic E-state index is 0.262. The minimum Gasteiger partial charge on any atom is -0.329 e. The van der Waals surface area contributed by atoms with E-state index in [2.05, 4.69) is 52.0 Å². The van der Waals surface area contributed by atoms with Crippen molar-refractivity contribution < 1.29 is 4.39 Å². The average Bonchev–Trinajstić information content (AvgIpc) is 3.24. The molecule has 0 unspecified atom stereocenters. The third kappa shape index (κ3) is 5.40. The molecule has 4 rings (SSSR count). The second-order valence-corrected chi connectivity index (χ2v) is 8.70. The Balaban J connectivity index is 1.44. The Hall–Kier alpha value is -3.23. The van der Waals surface area contributed by atoms with Crippen molar-refractivity contribution >= 4 is 40.4 Å². The first-order valence-corrected chi connectivity index (χ1v) is 11.2. The monoisotopic (exact) mass is 482 g/mol. The fourth-order valence-corrected chi connectivity index (χ4v) is 3.91. The highest BCUT2D eigenvalue weighted by atomic mass is 35.5. The van der Waals surface area contributed by atoms with Crippen LogP contribution >= 0.6 is 23.8 Å². The van der Waals surface area contributed by atoms with Gasteiger partial charge in [0.25, 0.3) is 0 Å². The predicted octanol–water partition coefficient (Wildman–Crippen LogP) is 5.70. The summed E-state index contributed by atoms with van der Waals surface area (Å²) in [5, 5.41) is 16.0. The summed E-state index contributed by atoms with van der Waals surface area (Å²) < 4.78 is 17.5. The summed E-state index contributed by atoms with van der Waals surface area (Å²) in [7, 11) is 0. The zero-order chi connectivity index (χ0) is 23.5. The molecular formula is C24H24ClFN6S. The largest absolute Gasteiger partial charge is 0.329 e. The van der Waals surface area contributed by atoms with E-state index in [-0.39, 0.29) is 12.4 Å². The molecule has 6 nitrogen and oxygen atoms in total. The molecule has 0 saturated heterocycles. The van der Waals surface area contributed by atoms with Crippen LogP contribution in [-0.2, 0) is 13.1 Å². The van der Waals surface area contributed by atoms with Gasteiger partial charge in [-0.3, -0.25) is 9.36 Å². The van der Waals surface area contributed by atoms with E-state index in [1.807, 2.05) is 18.5 Å². The molecule has 33 heavy (non-hydrogen) atoms. The number of aromatic nitrogens is 4. The molecule has 2 aromatic carbocycles. The van der Waals surface area contributed by atoms with Crippen LogP contribution in [0.25, 0.3) is 0 Å². The van der Waals surface area contributed by atoms with Crippen LogP contribution in [0.15, 0.2) is 54.7 Å². The number of thiocarbonyl (C=S) groups is 1. The SMILES string of the molecule is Cc1ccc(Cn2nc(C)c(NC(=S)Nc3nn(Cc4ccccc4F)cc3Cl)c2C)cc1. The summed E-state index contributed by atoms with van der Waals surface area (Å²) in [6.07, 6.45) is 1.63. The zero-order valence-corrected chi connectivity index (χ0v) is 20.1. The first-order chi connectivity index (χ1) is 15.8. The molecule has 2 heterocycles. The lowest BCUT2D eigenvalue weighted by Crippen LogP contribution is -2.20. The molecule has 0 bridgehead atoms. The number of benzene rings is 2. The fourth-order valence-electron chi connectivity index (χ4n) is 3.51. The molecule has 0 radical (unpaired) electrons. The molecule has 0 fully saturated rings. The van der Waals surface area contributed by atoms with Crippen LogP contribution in [-0.4, -0.2) is 24.7 Å². The van der Waals surface area contributed by atoms with E-state index >= 15 is 0 Å². The lowest BCUT2D eigenvalue weighted by atomic mass is 10.1. The Kier molecular flexibility index (Phi) is 6.76. The highest BCUT2D eigenvalue weighted by Gasteiger charge is 2.15. The average molecular weight is 483 g/mol. The number of aryl methyl sites for hydroxylation is 2. The maximum absolute atomic E-state index is 13.9. The van der Waals surface area contributed by atoms with Gasteiger partial charge in [-0.25, -0.2) is 4.39 Å². The van der Waals surface area contributed by atoms with Gasteiger partial charge in [0.2, 0.25) is 0 Å². The maximum atomic E-state index is 13.9. The smallest absolute Gasteiger partial charge is 0.176 e. The van der Waals surface area contributed by atoms with Gasteiger partial charge in [-0.15, -0.1) is 0 Å². The molecule has 0 aliphatic heterocycles. The molecule has 0 spiro atoms. The van der Waals surface area contributed by atoms with Gasteiger partial charge in [-0.05, 0) is 44.6 Å². The van der Waals surface area contributed by atoms with Crippen molar-refractivity contribution in [2.24, 2.45) is 0 Å². The Morgan fingerprint density at radius 1 is 1.00 bits per heavy atom. The Bertz CT molecular complexity index is 1300. The van der Waals surface area contributed by atoms with E-state index in [9.17, 15) is 4.39 Å². The predicted molar refractivity (Wildman–Crippen MR) is 135 cm³/mol. The summed E-state index contributed by atoms with van der Waals surface area (Å²) in [6, 6.07) is 15.0. The van der Waals surface area contributed by atoms with Gasteiger partial charge in [-0.1, -0.05) is 59.6 Å². The van der Waals surface area contributed by atoms with E-state index < -0.39 is 0 Å². The Labute approximate surface area is 202 Å². The highest BCUT2D eigenvalue weighted by Crippen LogP contribution is 2.23. The first kappa shape index (κ1) is 22.9. The van der Waals surface area contributed by atoms with Crippen LogP contribution in [0.1, 0.15) is 28.1 Å². The van der Waals surface area contributed by atoms with Crippen molar-refractivity contribution in [2.45, 2.75) is 33.9 Å². The van der Waals surface area contributed by atoms with Gasteiger partial charge < -0.3 is 10.6 Å². The number of halogens is 2. The molecular weight excluding hydrogens is 459 g/mol. The van der Waals surface area contributed by atoms with Crippen LogP contribution in [0.4, 0.5) is 15.9 Å². The van der Waals surface area contributed by atoms with Gasteiger partial charge >= 0.3 is 0 Å². The Morgan fingerprint density at radius 3 is 2.45 bits per heavy atom. The van der Waals surface area contributed by atoms with Gasteiger partial charge in [0.15, 0.2) is 10.9 Å². The van der Waals surface area contributed by atoms with Crippen molar-refractivity contribution in [3.05, 3.63) is 93.6 Å². The lowest BCUT2D eigenvalue weighted by Gasteiger charge is -2.10. The second kappa shape index (κ2) is 9.72. The van der Waals surface area contributed by atoms with Gasteiger partial charge in [-0.2, -0.15) is 10.2 Å². The molecule has 2 aromatic heterocycles. The number of hydrogen-bond donors (Lipinski definition) is 2. The van der Waals surface area contributed by atoms with Gasteiger partial charge in [0, 0.05) is 11.8 Å². The standard InChI is InChI=1S/C24H24ClFN6S/c1-15-8-10-18(11-9-15)12-32-17(3)22(16(2)29-32)27-24(33)28-23-20(25)14-31(30-23)13-19-6-4-5-7-21(19)26/h4-11,14H,12-13H2,1-3H3,(H2,27,28,30,33). The van der Waals surface area contributed by atoms with Crippen molar-refractivity contribution in [3.8, 4) is 0 Å². The van der Waals surface area contributed by atoms with Crippen LogP contribution < -0.4 is 10.6 Å². The second-order valence-electron chi connectivity index (χ2n) is 7.88. The fraction of sp³-hybridized carbons (Fsp3) is 0.208. The summed E-state index contributed by atoms with van der Waals surface area (Å²) in [6.45, 7) is 6.92. The third-order valence-electron chi connectivity index (χ3n) is 5.31. The van der Waals surface area contributed by atoms with Gasteiger partial charge in [0.1, 0.15) is 10.8 Å². The number of rotatable bonds is 6. The molecule has 0 amide bonds. The van der Waals surface area contributed by atoms with Crippen molar-refractivity contribution in [1.82, 2.24) is 19.6 Å². The summed E-state index contributed by atoms with van der Waals surface area (Å²) >= 11 is 11.8. The highest BCUT2D eigenvalue weighted by molar-refractivity contribution is 7.80. The van der Waals surface area contributed by atoms with Crippen LogP contribution in [0.5, 0.6) is 0 Å². The number of hydrogen-bond acceptors (Lipinski definition) is 3. The topological polar surface area (TPSA) is 59.7 Å². The van der Waals surface area contributed by atoms with E-state index in [0.717, 1.165) is 17.1 Å². The molecule has 0 saturated carbocycles. The van der Waals surface area contributed by atoms with Gasteiger partial charge in [0.05, 0.1) is 30.2 Å². The molecule has 0 aliphatic carbocycles. The molecule has 2 N–H and O–H groups in total. The molecule has 0 aliphatic rings. The molecule has 4 aromatic rings. The van der Waals surface area contributed by atoms with Crippen LogP contribution in [0.3, 0.4) is 0 Å². The van der Waals surface area contributed by atoms with Crippen LogP contribution in [0.2, 0.25) is 5.02 Å². The number of nitrogens with zero attached hydrogens (tertiary/aromatic N) is 4. The van der Waals surface area contributed by atoms with E-state index in [0.29, 0.717) is 28.1 Å². The van der Waals surface area contributed by atoms with E-state index in [1.54, 1.807) is 29.1 Å². The zero-order valence-electron chi connectivity index (χ0n) is 18.6. The quantitative estimate of drug-likeness (QED) is 0.345. The van der Waals surface area contributed by atoms with Crippen molar-refractivity contribution in [2.75, 3.05) is 10.6 Å². The number of nitrogens with one attached hydrogen (secondary N) is 2.